The molecule has 0 saturated heterocycles. The molecule has 31 heavy (non-hydrogen) atoms. The highest BCUT2D eigenvalue weighted by molar-refractivity contribution is 6.30. The maximum absolute atomic E-state index is 13.0. The molecule has 0 spiro atoms. The minimum Gasteiger partial charge on any atom is -0.497 e. The van der Waals surface area contributed by atoms with E-state index in [9.17, 15) is 9.59 Å². The summed E-state index contributed by atoms with van der Waals surface area (Å²) in [6.45, 7) is 0.236. The van der Waals surface area contributed by atoms with E-state index in [2.05, 4.69) is 10.3 Å². The number of aromatic nitrogens is 3. The van der Waals surface area contributed by atoms with Crippen LogP contribution in [0.2, 0.25) is 5.02 Å². The first-order valence-corrected chi connectivity index (χ1v) is 10.0. The van der Waals surface area contributed by atoms with Gasteiger partial charge in [0.15, 0.2) is 0 Å². The second-order valence-corrected chi connectivity index (χ2v) is 7.60. The summed E-state index contributed by atoms with van der Waals surface area (Å²) < 4.78 is 8.35. The molecule has 2 heterocycles. The normalized spacial score (nSPS) is 10.9. The number of carbonyl (C=O) groups excluding carboxylic acids is 1. The van der Waals surface area contributed by atoms with Crippen molar-refractivity contribution in [1.29, 1.82) is 0 Å². The van der Waals surface area contributed by atoms with E-state index in [1.165, 1.54) is 10.9 Å². The van der Waals surface area contributed by atoms with Gasteiger partial charge in [-0.15, -0.1) is 0 Å². The van der Waals surface area contributed by atoms with Gasteiger partial charge in [-0.2, -0.15) is 0 Å². The van der Waals surface area contributed by atoms with Gasteiger partial charge in [-0.3, -0.25) is 14.2 Å². The number of aryl methyl sites for hydroxylation is 1. The Morgan fingerprint density at radius 3 is 2.71 bits per heavy atom. The first kappa shape index (κ1) is 20.7. The Balaban J connectivity index is 1.58. The average Bonchev–Trinajstić information content (AvgIpc) is 3.12. The van der Waals surface area contributed by atoms with Crippen LogP contribution >= 0.6 is 11.6 Å². The molecular weight excluding hydrogens is 416 g/mol. The lowest BCUT2D eigenvalue weighted by atomic mass is 10.1. The number of amides is 1. The fraction of sp³-hybridized carbons (Fsp3) is 0.174. The van der Waals surface area contributed by atoms with Crippen LogP contribution in [-0.4, -0.2) is 27.1 Å². The van der Waals surface area contributed by atoms with E-state index in [1.807, 2.05) is 42.6 Å². The molecule has 0 unspecified atom stereocenters. The Morgan fingerprint density at radius 2 is 1.97 bits per heavy atom. The molecule has 0 fully saturated rings. The zero-order chi connectivity index (χ0) is 22.0. The van der Waals surface area contributed by atoms with E-state index < -0.39 is 0 Å². The molecule has 158 valence electrons. The minimum atomic E-state index is -0.277. The number of nitrogens with one attached hydrogen (secondary N) is 1. The number of hydrogen-bond acceptors (Lipinski definition) is 4. The molecule has 0 aliphatic heterocycles. The number of nitrogens with zero attached hydrogens (tertiary/aromatic N) is 3. The zero-order valence-electron chi connectivity index (χ0n) is 17.1. The Hall–Kier alpha value is -3.58. The van der Waals surface area contributed by atoms with Crippen LogP contribution in [0.3, 0.4) is 0 Å². The first-order chi connectivity index (χ1) is 15.0. The van der Waals surface area contributed by atoms with Crippen LogP contribution < -0.4 is 15.6 Å². The summed E-state index contributed by atoms with van der Waals surface area (Å²) in [6.07, 6.45) is 3.27. The van der Waals surface area contributed by atoms with Crippen molar-refractivity contribution < 1.29 is 9.53 Å². The average molecular weight is 437 g/mol. The molecule has 1 N–H and O–H groups in total. The van der Waals surface area contributed by atoms with Gasteiger partial charge in [0.2, 0.25) is 5.91 Å². The zero-order valence-corrected chi connectivity index (χ0v) is 17.9. The van der Waals surface area contributed by atoms with Crippen LogP contribution in [0.5, 0.6) is 5.75 Å². The molecule has 2 aromatic carbocycles. The van der Waals surface area contributed by atoms with Crippen LogP contribution in [0.25, 0.3) is 22.2 Å². The van der Waals surface area contributed by atoms with Gasteiger partial charge in [0.1, 0.15) is 23.3 Å². The summed E-state index contributed by atoms with van der Waals surface area (Å²) in [5.41, 5.74) is 3.39. The summed E-state index contributed by atoms with van der Waals surface area (Å²) in [5.74, 6) is 0.445. The summed E-state index contributed by atoms with van der Waals surface area (Å²) in [7, 11) is 3.40. The van der Waals surface area contributed by atoms with Crippen LogP contribution in [0.1, 0.15) is 5.56 Å². The van der Waals surface area contributed by atoms with Crippen molar-refractivity contribution in [1.82, 2.24) is 19.4 Å². The standard InChI is InChI=1S/C23H21ClN4O3/c1-27-12-19(16-4-3-5-18(10-16)31-2)21-22(27)23(30)28(14-26-21)13-20(29)25-11-15-6-8-17(24)9-7-15/h3-10,12,14H,11,13H2,1-2H3,(H,25,29). The molecule has 4 aromatic rings. The third-order valence-electron chi connectivity index (χ3n) is 5.04. The molecule has 0 radical (unpaired) electrons. The number of carbonyl (C=O) groups is 1. The highest BCUT2D eigenvalue weighted by Gasteiger charge is 2.16. The van der Waals surface area contributed by atoms with Gasteiger partial charge in [-0.25, -0.2) is 4.98 Å². The third kappa shape index (κ3) is 4.32. The van der Waals surface area contributed by atoms with E-state index in [0.717, 1.165) is 22.4 Å². The second-order valence-electron chi connectivity index (χ2n) is 7.16. The Labute approximate surface area is 183 Å². The summed E-state index contributed by atoms with van der Waals surface area (Å²) >= 11 is 5.87. The molecular formula is C23H21ClN4O3. The van der Waals surface area contributed by atoms with Gasteiger partial charge < -0.3 is 14.6 Å². The largest absolute Gasteiger partial charge is 0.497 e. The molecule has 0 atom stereocenters. The summed E-state index contributed by atoms with van der Waals surface area (Å²) in [6, 6.07) is 14.8. The SMILES string of the molecule is COc1cccc(-c2cn(C)c3c(=O)n(CC(=O)NCc4ccc(Cl)cc4)cnc23)c1. The quantitative estimate of drug-likeness (QED) is 0.502. The summed E-state index contributed by atoms with van der Waals surface area (Å²) in [4.78, 5) is 29.9. The van der Waals surface area contributed by atoms with Crippen molar-refractivity contribution >= 4 is 28.5 Å². The van der Waals surface area contributed by atoms with Crippen molar-refractivity contribution in [3.8, 4) is 16.9 Å². The van der Waals surface area contributed by atoms with E-state index in [-0.39, 0.29) is 18.0 Å². The molecule has 1 amide bonds. The lowest BCUT2D eigenvalue weighted by molar-refractivity contribution is -0.121. The van der Waals surface area contributed by atoms with Crippen LogP contribution in [0, 0.1) is 0 Å². The molecule has 7 nitrogen and oxygen atoms in total. The van der Waals surface area contributed by atoms with Crippen LogP contribution in [0.4, 0.5) is 0 Å². The smallest absolute Gasteiger partial charge is 0.278 e. The molecule has 8 heteroatoms. The number of ether oxygens (including phenoxy) is 1. The molecule has 0 saturated carbocycles. The first-order valence-electron chi connectivity index (χ1n) is 9.66. The topological polar surface area (TPSA) is 78.1 Å². The maximum atomic E-state index is 13.0. The van der Waals surface area contributed by atoms with Crippen molar-refractivity contribution in [2.75, 3.05) is 7.11 Å². The highest BCUT2D eigenvalue weighted by atomic mass is 35.5. The number of rotatable bonds is 6. The number of hydrogen-bond donors (Lipinski definition) is 1. The Kier molecular flexibility index (Phi) is 5.77. The monoisotopic (exact) mass is 436 g/mol. The molecule has 0 aliphatic rings. The lowest BCUT2D eigenvalue weighted by Crippen LogP contribution is -2.32. The fourth-order valence-corrected chi connectivity index (χ4v) is 3.57. The van der Waals surface area contributed by atoms with Gasteiger partial charge in [0, 0.05) is 30.4 Å². The van der Waals surface area contributed by atoms with E-state index in [1.54, 1.807) is 30.9 Å². The number of halogens is 1. The van der Waals surface area contributed by atoms with Crippen molar-refractivity contribution in [2.24, 2.45) is 7.05 Å². The predicted octanol–water partition coefficient (Wildman–Crippen LogP) is 3.38. The minimum absolute atomic E-state index is 0.116. The second kappa shape index (κ2) is 8.65. The van der Waals surface area contributed by atoms with Crippen LogP contribution in [0.15, 0.2) is 65.8 Å². The fourth-order valence-electron chi connectivity index (χ4n) is 3.44. The highest BCUT2D eigenvalue weighted by Crippen LogP contribution is 2.29. The van der Waals surface area contributed by atoms with Crippen molar-refractivity contribution in [2.45, 2.75) is 13.1 Å². The maximum Gasteiger partial charge on any atom is 0.278 e. The number of methoxy groups -OCH3 is 1. The number of benzene rings is 2. The molecule has 0 bridgehead atoms. The third-order valence-corrected chi connectivity index (χ3v) is 5.29. The molecule has 4 rings (SSSR count). The Morgan fingerprint density at radius 1 is 1.19 bits per heavy atom. The van der Waals surface area contributed by atoms with Crippen molar-refractivity contribution in [3.63, 3.8) is 0 Å². The lowest BCUT2D eigenvalue weighted by Gasteiger charge is -2.08. The van der Waals surface area contributed by atoms with Gasteiger partial charge >= 0.3 is 0 Å². The number of fused-ring (bicyclic) bond motifs is 1. The molecule has 2 aromatic heterocycles. The Bertz CT molecular complexity index is 1310. The molecule has 0 aliphatic carbocycles. The van der Waals surface area contributed by atoms with Crippen molar-refractivity contribution in [3.05, 3.63) is 82.0 Å². The van der Waals surface area contributed by atoms with Gasteiger partial charge in [0.05, 0.1) is 13.4 Å². The van der Waals surface area contributed by atoms with Gasteiger partial charge in [-0.05, 0) is 35.4 Å². The van der Waals surface area contributed by atoms with Crippen LogP contribution in [-0.2, 0) is 24.9 Å². The van der Waals surface area contributed by atoms with E-state index in [0.29, 0.717) is 22.6 Å². The van der Waals surface area contributed by atoms with Gasteiger partial charge in [0.25, 0.3) is 5.56 Å². The van der Waals surface area contributed by atoms with E-state index >= 15 is 0 Å². The summed E-state index contributed by atoms with van der Waals surface area (Å²) in [5, 5.41) is 3.45. The van der Waals surface area contributed by atoms with Gasteiger partial charge in [-0.1, -0.05) is 35.9 Å². The van der Waals surface area contributed by atoms with E-state index in [4.69, 9.17) is 16.3 Å². The predicted molar refractivity (Wildman–Crippen MR) is 120 cm³/mol.